The predicted molar refractivity (Wildman–Crippen MR) is 81.7 cm³/mol. The number of ketones is 1. The molecule has 0 radical (unpaired) electrons. The molecule has 0 aliphatic heterocycles. The number of hydrogen-bond acceptors (Lipinski definition) is 1. The van der Waals surface area contributed by atoms with E-state index < -0.39 is 0 Å². The van der Waals surface area contributed by atoms with E-state index in [1.54, 1.807) is 0 Å². The Balaban J connectivity index is 2.51. The lowest BCUT2D eigenvalue weighted by atomic mass is 9.80. The van der Waals surface area contributed by atoms with Crippen LogP contribution < -0.4 is 0 Å². The Kier molecular flexibility index (Phi) is 7.56. The van der Waals surface area contributed by atoms with Gasteiger partial charge in [-0.3, -0.25) is 4.79 Å². The van der Waals surface area contributed by atoms with Crippen LogP contribution >= 0.6 is 0 Å². The monoisotopic (exact) mass is 260 g/mol. The lowest BCUT2D eigenvalue weighted by molar-refractivity contribution is -0.125. The van der Waals surface area contributed by atoms with Gasteiger partial charge in [0.2, 0.25) is 0 Å². The highest BCUT2D eigenvalue weighted by Crippen LogP contribution is 2.29. The van der Waals surface area contributed by atoms with Gasteiger partial charge in [-0.1, -0.05) is 32.4 Å². The van der Waals surface area contributed by atoms with Gasteiger partial charge in [0.15, 0.2) is 0 Å². The molecule has 0 aromatic heterocycles. The van der Waals surface area contributed by atoms with Crippen molar-refractivity contribution < 1.29 is 4.79 Å². The highest BCUT2D eigenvalue weighted by Gasteiger charge is 2.24. The zero-order valence-electron chi connectivity index (χ0n) is 12.7. The van der Waals surface area contributed by atoms with Gasteiger partial charge in [0, 0.05) is 18.8 Å². The van der Waals surface area contributed by atoms with Gasteiger partial charge in [-0.2, -0.15) is 0 Å². The van der Waals surface area contributed by atoms with Gasteiger partial charge in [-0.05, 0) is 44.4 Å². The summed E-state index contributed by atoms with van der Waals surface area (Å²) in [6, 6.07) is 0. The van der Waals surface area contributed by atoms with Crippen LogP contribution in [0.15, 0.2) is 12.2 Å². The maximum atomic E-state index is 11.9. The smallest absolute Gasteiger partial charge is 0.135 e. The molecule has 1 heteroatoms. The van der Waals surface area contributed by atoms with Crippen LogP contribution in [0.3, 0.4) is 0 Å². The Morgan fingerprint density at radius 1 is 1.37 bits per heavy atom. The third-order valence-corrected chi connectivity index (χ3v) is 3.86. The van der Waals surface area contributed by atoms with E-state index in [-0.39, 0.29) is 0 Å². The van der Waals surface area contributed by atoms with Crippen molar-refractivity contribution in [1.82, 2.24) is 0 Å². The molecule has 2 unspecified atom stereocenters. The first-order chi connectivity index (χ1) is 9.13. The Hall–Kier alpha value is -1.03. The average molecular weight is 260 g/mol. The molecular weight excluding hydrogens is 232 g/mol. The molecule has 0 spiro atoms. The normalized spacial score (nSPS) is 21.5. The molecular formula is C18H28O. The predicted octanol–water partition coefficient (Wildman–Crippen LogP) is 4.77. The van der Waals surface area contributed by atoms with Gasteiger partial charge < -0.3 is 0 Å². The zero-order valence-corrected chi connectivity index (χ0v) is 12.7. The van der Waals surface area contributed by atoms with Crippen LogP contribution in [0.1, 0.15) is 65.7 Å². The fourth-order valence-electron chi connectivity index (χ4n) is 2.76. The second-order valence-corrected chi connectivity index (χ2v) is 6.05. The summed E-state index contributed by atoms with van der Waals surface area (Å²) in [6.45, 7) is 6.29. The van der Waals surface area contributed by atoms with E-state index in [9.17, 15) is 4.79 Å². The molecule has 0 aromatic rings. The average Bonchev–Trinajstić information content (AvgIpc) is 2.37. The van der Waals surface area contributed by atoms with E-state index in [0.717, 1.165) is 38.5 Å². The summed E-state index contributed by atoms with van der Waals surface area (Å²) in [6.07, 6.45) is 11.8. The van der Waals surface area contributed by atoms with Gasteiger partial charge in [-0.25, -0.2) is 0 Å². The molecule has 1 rings (SSSR count). The summed E-state index contributed by atoms with van der Waals surface area (Å²) in [5, 5.41) is 0. The Morgan fingerprint density at radius 3 is 2.79 bits per heavy atom. The van der Waals surface area contributed by atoms with E-state index in [4.69, 9.17) is 0 Å². The zero-order chi connectivity index (χ0) is 14.1. The highest BCUT2D eigenvalue weighted by atomic mass is 16.1. The summed E-state index contributed by atoms with van der Waals surface area (Å²) in [7, 11) is 0. The summed E-state index contributed by atoms with van der Waals surface area (Å²) < 4.78 is 0. The van der Waals surface area contributed by atoms with Crippen molar-refractivity contribution in [1.29, 1.82) is 0 Å². The first kappa shape index (κ1) is 16.0. The number of rotatable bonds is 6. The van der Waals surface area contributed by atoms with Crippen LogP contribution in [0.2, 0.25) is 0 Å². The molecule has 1 fully saturated rings. The van der Waals surface area contributed by atoms with E-state index in [1.807, 2.05) is 6.92 Å². The Morgan fingerprint density at radius 2 is 2.16 bits per heavy atom. The van der Waals surface area contributed by atoms with Crippen molar-refractivity contribution in [3.63, 3.8) is 0 Å². The molecule has 1 aliphatic rings. The minimum Gasteiger partial charge on any atom is -0.299 e. The van der Waals surface area contributed by atoms with Crippen molar-refractivity contribution in [2.75, 3.05) is 0 Å². The first-order valence-corrected chi connectivity index (χ1v) is 7.72. The number of allylic oxidation sites excluding steroid dienone is 2. The van der Waals surface area contributed by atoms with E-state index >= 15 is 0 Å². The molecule has 0 amide bonds. The minimum absolute atomic E-state index is 0.310. The number of hydrogen-bond donors (Lipinski definition) is 0. The SMILES string of the molecule is CC#CCC(C/C=C/C(C)C)CC1CCCCC1=O. The number of Topliss-reactive ketones (excluding diaryl/α,β-unsaturated/α-hetero) is 1. The second-order valence-electron chi connectivity index (χ2n) is 6.05. The van der Waals surface area contributed by atoms with Gasteiger partial charge in [0.05, 0.1) is 0 Å². The third kappa shape index (κ3) is 6.62. The summed E-state index contributed by atoms with van der Waals surface area (Å²) in [4.78, 5) is 11.9. The van der Waals surface area contributed by atoms with Crippen LogP contribution in [0.4, 0.5) is 0 Å². The maximum absolute atomic E-state index is 11.9. The molecule has 0 N–H and O–H groups in total. The fraction of sp³-hybridized carbons (Fsp3) is 0.722. The number of carbonyl (C=O) groups excluding carboxylic acids is 1. The lowest BCUT2D eigenvalue weighted by Crippen LogP contribution is -2.21. The minimum atomic E-state index is 0.310. The fourth-order valence-corrected chi connectivity index (χ4v) is 2.76. The van der Waals surface area contributed by atoms with Crippen LogP contribution in [0, 0.1) is 29.6 Å². The molecule has 0 heterocycles. The van der Waals surface area contributed by atoms with Crippen LogP contribution in [0.5, 0.6) is 0 Å². The van der Waals surface area contributed by atoms with Crippen LogP contribution in [0.25, 0.3) is 0 Å². The van der Waals surface area contributed by atoms with E-state index in [0.29, 0.717) is 23.5 Å². The third-order valence-electron chi connectivity index (χ3n) is 3.86. The lowest BCUT2D eigenvalue weighted by Gasteiger charge is -2.24. The second kappa shape index (κ2) is 8.97. The Labute approximate surface area is 118 Å². The quantitative estimate of drug-likeness (QED) is 0.497. The van der Waals surface area contributed by atoms with Crippen molar-refractivity contribution >= 4 is 5.78 Å². The number of carbonyl (C=O) groups is 1. The molecule has 19 heavy (non-hydrogen) atoms. The standard InChI is InChI=1S/C18H28O/c1-4-5-10-16(11-8-9-15(2)3)14-17-12-6-7-13-18(17)19/h8-9,15-17H,6-7,10-14H2,1-3H3/b9-8+. The molecule has 1 aliphatic carbocycles. The van der Waals surface area contributed by atoms with Crippen molar-refractivity contribution in [3.8, 4) is 11.8 Å². The molecule has 0 bridgehead atoms. The first-order valence-electron chi connectivity index (χ1n) is 7.72. The topological polar surface area (TPSA) is 17.1 Å². The van der Waals surface area contributed by atoms with E-state index in [1.165, 1.54) is 6.42 Å². The van der Waals surface area contributed by atoms with Gasteiger partial charge in [-0.15, -0.1) is 11.8 Å². The van der Waals surface area contributed by atoms with Crippen LogP contribution in [-0.4, -0.2) is 5.78 Å². The summed E-state index contributed by atoms with van der Waals surface area (Å²) in [5.74, 6) is 8.14. The molecule has 1 saturated carbocycles. The van der Waals surface area contributed by atoms with Crippen molar-refractivity contribution in [2.24, 2.45) is 17.8 Å². The largest absolute Gasteiger partial charge is 0.299 e. The molecule has 106 valence electrons. The summed E-state index contributed by atoms with van der Waals surface area (Å²) in [5.41, 5.74) is 0. The van der Waals surface area contributed by atoms with Crippen molar-refractivity contribution in [2.45, 2.75) is 65.7 Å². The van der Waals surface area contributed by atoms with Gasteiger partial charge >= 0.3 is 0 Å². The molecule has 0 saturated heterocycles. The molecule has 0 aromatic carbocycles. The summed E-state index contributed by atoms with van der Waals surface area (Å²) >= 11 is 0. The molecule has 2 atom stereocenters. The van der Waals surface area contributed by atoms with Crippen LogP contribution in [-0.2, 0) is 4.79 Å². The Bertz CT molecular complexity index is 354. The van der Waals surface area contributed by atoms with E-state index in [2.05, 4.69) is 37.8 Å². The van der Waals surface area contributed by atoms with Gasteiger partial charge in [0.25, 0.3) is 0 Å². The maximum Gasteiger partial charge on any atom is 0.135 e. The van der Waals surface area contributed by atoms with Gasteiger partial charge in [0.1, 0.15) is 5.78 Å². The molecule has 1 nitrogen and oxygen atoms in total. The van der Waals surface area contributed by atoms with Crippen molar-refractivity contribution in [3.05, 3.63) is 12.2 Å². The highest BCUT2D eigenvalue weighted by molar-refractivity contribution is 5.81.